The molecule has 1 aliphatic carbocycles. The summed E-state index contributed by atoms with van der Waals surface area (Å²) in [6.45, 7) is 2.22. The lowest BCUT2D eigenvalue weighted by Gasteiger charge is -2.22. The Bertz CT molecular complexity index is 404. The van der Waals surface area contributed by atoms with Gasteiger partial charge in [-0.3, -0.25) is 0 Å². The molecule has 0 unspecified atom stereocenters. The minimum absolute atomic E-state index is 0.196. The van der Waals surface area contributed by atoms with Gasteiger partial charge in [0.1, 0.15) is 5.82 Å². The van der Waals surface area contributed by atoms with Gasteiger partial charge in [0.25, 0.3) is 0 Å². The van der Waals surface area contributed by atoms with Crippen LogP contribution in [-0.2, 0) is 6.54 Å². The largest absolute Gasteiger partial charge is 0.330 e. The van der Waals surface area contributed by atoms with E-state index in [2.05, 4.69) is 4.90 Å². The van der Waals surface area contributed by atoms with Gasteiger partial charge >= 0.3 is 0 Å². The molecule has 94 valence electrons. The van der Waals surface area contributed by atoms with Crippen molar-refractivity contribution >= 4 is 11.6 Å². The Morgan fingerprint density at radius 2 is 2.18 bits per heavy atom. The average Bonchev–Trinajstić information content (AvgIpc) is 3.04. The highest BCUT2D eigenvalue weighted by molar-refractivity contribution is 6.30. The van der Waals surface area contributed by atoms with E-state index in [-0.39, 0.29) is 11.2 Å². The summed E-state index contributed by atoms with van der Waals surface area (Å²) in [4.78, 5) is 2.12. The molecule has 1 aromatic carbocycles. The van der Waals surface area contributed by atoms with Gasteiger partial charge in [-0.15, -0.1) is 0 Å². The Morgan fingerprint density at radius 1 is 1.47 bits per heavy atom. The summed E-state index contributed by atoms with van der Waals surface area (Å²) < 4.78 is 13.6. The highest BCUT2D eigenvalue weighted by Gasteiger charge is 2.41. The number of hydrogen-bond acceptors (Lipinski definition) is 2. The van der Waals surface area contributed by atoms with E-state index in [4.69, 9.17) is 17.3 Å². The molecule has 0 aromatic heterocycles. The lowest BCUT2D eigenvalue weighted by Crippen LogP contribution is -2.31. The Kier molecular flexibility index (Phi) is 3.71. The van der Waals surface area contributed by atoms with E-state index in [1.807, 2.05) is 7.05 Å². The van der Waals surface area contributed by atoms with Gasteiger partial charge in [-0.1, -0.05) is 11.6 Å². The van der Waals surface area contributed by atoms with E-state index < -0.39 is 0 Å². The summed E-state index contributed by atoms with van der Waals surface area (Å²) in [6.07, 6.45) is 2.37. The van der Waals surface area contributed by atoms with Gasteiger partial charge in [0.05, 0.1) is 0 Å². The van der Waals surface area contributed by atoms with Crippen molar-refractivity contribution in [2.45, 2.75) is 19.4 Å². The minimum atomic E-state index is -0.196. The first-order valence-electron chi connectivity index (χ1n) is 5.87. The predicted octanol–water partition coefficient (Wildman–Crippen LogP) is 2.65. The molecule has 4 heteroatoms. The molecule has 1 aliphatic rings. The van der Waals surface area contributed by atoms with Crippen molar-refractivity contribution in [3.05, 3.63) is 34.6 Å². The topological polar surface area (TPSA) is 29.3 Å². The minimum Gasteiger partial charge on any atom is -0.330 e. The van der Waals surface area contributed by atoms with Crippen LogP contribution in [0.1, 0.15) is 18.4 Å². The molecule has 0 atom stereocenters. The second-order valence-corrected chi connectivity index (χ2v) is 5.55. The first-order chi connectivity index (χ1) is 8.04. The van der Waals surface area contributed by atoms with E-state index >= 15 is 0 Å². The third-order valence-electron chi connectivity index (χ3n) is 3.44. The number of nitrogens with two attached hydrogens (primary N) is 1. The number of nitrogens with zero attached hydrogens (tertiary/aromatic N) is 1. The maximum Gasteiger partial charge on any atom is 0.127 e. The summed E-state index contributed by atoms with van der Waals surface area (Å²) in [7, 11) is 2.00. The monoisotopic (exact) mass is 256 g/mol. The molecule has 0 spiro atoms. The van der Waals surface area contributed by atoms with Gasteiger partial charge in [-0.25, -0.2) is 4.39 Å². The van der Waals surface area contributed by atoms with E-state index in [1.54, 1.807) is 12.1 Å². The molecular formula is C13H18ClFN2. The molecule has 1 aromatic rings. The second kappa shape index (κ2) is 4.92. The van der Waals surface area contributed by atoms with Gasteiger partial charge in [-0.2, -0.15) is 0 Å². The molecule has 1 fully saturated rings. The summed E-state index contributed by atoms with van der Waals surface area (Å²) >= 11 is 5.87. The van der Waals surface area contributed by atoms with E-state index in [1.165, 1.54) is 18.9 Å². The number of benzene rings is 1. The number of rotatable bonds is 5. The number of hydrogen-bond donors (Lipinski definition) is 1. The van der Waals surface area contributed by atoms with Crippen molar-refractivity contribution in [2.24, 2.45) is 11.1 Å². The van der Waals surface area contributed by atoms with Crippen LogP contribution in [0.5, 0.6) is 0 Å². The molecule has 0 bridgehead atoms. The van der Waals surface area contributed by atoms with Crippen LogP contribution < -0.4 is 5.73 Å². The number of halogens is 2. The van der Waals surface area contributed by atoms with Crippen LogP contribution in [-0.4, -0.2) is 25.0 Å². The quantitative estimate of drug-likeness (QED) is 0.878. The zero-order valence-corrected chi connectivity index (χ0v) is 10.8. The van der Waals surface area contributed by atoms with Crippen molar-refractivity contribution in [3.63, 3.8) is 0 Å². The Hall–Kier alpha value is -0.640. The predicted molar refractivity (Wildman–Crippen MR) is 68.5 cm³/mol. The Morgan fingerprint density at radius 3 is 2.76 bits per heavy atom. The smallest absolute Gasteiger partial charge is 0.127 e. The van der Waals surface area contributed by atoms with Crippen molar-refractivity contribution in [1.29, 1.82) is 0 Å². The normalized spacial score (nSPS) is 17.5. The molecule has 2 nitrogen and oxygen atoms in total. The fourth-order valence-corrected chi connectivity index (χ4v) is 2.38. The van der Waals surface area contributed by atoms with Crippen molar-refractivity contribution in [2.75, 3.05) is 20.1 Å². The van der Waals surface area contributed by atoms with E-state index in [0.29, 0.717) is 17.1 Å². The standard InChI is InChI=1S/C13H18ClFN2/c1-17(9-13(8-16)4-5-13)7-10-6-11(14)2-3-12(10)15/h2-3,6H,4-5,7-9,16H2,1H3. The highest BCUT2D eigenvalue weighted by Crippen LogP contribution is 2.45. The average molecular weight is 257 g/mol. The van der Waals surface area contributed by atoms with Gasteiger partial charge < -0.3 is 10.6 Å². The second-order valence-electron chi connectivity index (χ2n) is 5.11. The first-order valence-corrected chi connectivity index (χ1v) is 6.25. The Labute approximate surface area is 107 Å². The fraction of sp³-hybridized carbons (Fsp3) is 0.538. The zero-order valence-electron chi connectivity index (χ0n) is 10.0. The maximum atomic E-state index is 13.6. The molecule has 0 aliphatic heterocycles. The van der Waals surface area contributed by atoms with Crippen LogP contribution in [0.15, 0.2) is 18.2 Å². The Balaban J connectivity index is 1.98. The highest BCUT2D eigenvalue weighted by atomic mass is 35.5. The van der Waals surface area contributed by atoms with Crippen molar-refractivity contribution < 1.29 is 4.39 Å². The van der Waals surface area contributed by atoms with Crippen LogP contribution in [0.25, 0.3) is 0 Å². The molecule has 2 N–H and O–H groups in total. The summed E-state index contributed by atoms with van der Waals surface area (Å²) in [6, 6.07) is 4.68. The maximum absolute atomic E-state index is 13.6. The van der Waals surface area contributed by atoms with Gasteiger partial charge in [0.15, 0.2) is 0 Å². The lowest BCUT2D eigenvalue weighted by molar-refractivity contribution is 0.256. The third-order valence-corrected chi connectivity index (χ3v) is 3.68. The molecular weight excluding hydrogens is 239 g/mol. The van der Waals surface area contributed by atoms with E-state index in [9.17, 15) is 4.39 Å². The van der Waals surface area contributed by atoms with Crippen molar-refractivity contribution in [1.82, 2.24) is 4.90 Å². The summed E-state index contributed by atoms with van der Waals surface area (Å²) in [5, 5.41) is 0.578. The fourth-order valence-electron chi connectivity index (χ4n) is 2.19. The van der Waals surface area contributed by atoms with Gasteiger partial charge in [0.2, 0.25) is 0 Å². The van der Waals surface area contributed by atoms with Crippen LogP contribution >= 0.6 is 11.6 Å². The molecule has 0 saturated heterocycles. The van der Waals surface area contributed by atoms with Gasteiger partial charge in [0, 0.05) is 23.7 Å². The zero-order chi connectivity index (χ0) is 12.5. The van der Waals surface area contributed by atoms with E-state index in [0.717, 1.165) is 13.1 Å². The first kappa shape index (κ1) is 12.8. The molecule has 0 heterocycles. The van der Waals surface area contributed by atoms with Crippen molar-refractivity contribution in [3.8, 4) is 0 Å². The molecule has 1 saturated carbocycles. The SMILES string of the molecule is CN(Cc1cc(Cl)ccc1F)CC1(CN)CC1. The molecule has 0 radical (unpaired) electrons. The van der Waals surface area contributed by atoms with Crippen LogP contribution in [0.2, 0.25) is 5.02 Å². The lowest BCUT2D eigenvalue weighted by atomic mass is 10.1. The summed E-state index contributed by atoms with van der Waals surface area (Å²) in [5.74, 6) is -0.196. The van der Waals surface area contributed by atoms with Crippen LogP contribution in [0.3, 0.4) is 0 Å². The molecule has 17 heavy (non-hydrogen) atoms. The van der Waals surface area contributed by atoms with Crippen LogP contribution in [0.4, 0.5) is 4.39 Å². The molecule has 2 rings (SSSR count). The van der Waals surface area contributed by atoms with Gasteiger partial charge in [-0.05, 0) is 50.0 Å². The molecule has 0 amide bonds. The summed E-state index contributed by atoms with van der Waals surface area (Å²) in [5.41, 5.74) is 6.67. The third kappa shape index (κ3) is 3.18. The van der Waals surface area contributed by atoms with Crippen LogP contribution in [0, 0.1) is 11.2 Å².